The third-order valence-electron chi connectivity index (χ3n) is 5.42. The van der Waals surface area contributed by atoms with Crippen molar-refractivity contribution in [3.05, 3.63) is 65.7 Å². The molecular weight excluding hydrogens is 368 g/mol. The fourth-order valence-corrected chi connectivity index (χ4v) is 3.63. The molecule has 0 unspecified atom stereocenters. The number of aryl methyl sites for hydroxylation is 1. The normalized spacial score (nSPS) is 15.8. The molecule has 6 heteroatoms. The summed E-state index contributed by atoms with van der Waals surface area (Å²) in [6, 6.07) is 17.0. The highest BCUT2D eigenvalue weighted by molar-refractivity contribution is 6.08. The lowest BCUT2D eigenvalue weighted by atomic mass is 9.89. The van der Waals surface area contributed by atoms with E-state index < -0.39 is 17.4 Å². The van der Waals surface area contributed by atoms with E-state index in [0.29, 0.717) is 35.4 Å². The van der Waals surface area contributed by atoms with Gasteiger partial charge in [-0.1, -0.05) is 48.0 Å². The minimum absolute atomic E-state index is 0.238. The number of nitrogens with zero attached hydrogens (tertiary/aromatic N) is 1. The van der Waals surface area contributed by atoms with Crippen LogP contribution in [0.2, 0.25) is 0 Å². The summed E-state index contributed by atoms with van der Waals surface area (Å²) in [4.78, 5) is 29.9. The number of carboxylic acid groups (broad SMARTS) is 1. The number of aliphatic carboxylic acids is 1. The SMILES string of the molecule is Cc1ccc(-c2cc(C(=O)NC3(C(=O)O)CCOCC3)c3ccccc3n2)cc1. The number of pyridine rings is 1. The molecular formula is C23H22N2O4. The van der Waals surface area contributed by atoms with Crippen molar-refractivity contribution in [1.82, 2.24) is 10.3 Å². The molecule has 2 heterocycles. The van der Waals surface area contributed by atoms with Crippen LogP contribution in [0.5, 0.6) is 0 Å². The first-order valence-corrected chi connectivity index (χ1v) is 9.59. The topological polar surface area (TPSA) is 88.5 Å². The molecule has 29 heavy (non-hydrogen) atoms. The molecule has 2 aromatic carbocycles. The van der Waals surface area contributed by atoms with Crippen molar-refractivity contribution in [2.75, 3.05) is 13.2 Å². The largest absolute Gasteiger partial charge is 0.480 e. The molecule has 0 bridgehead atoms. The van der Waals surface area contributed by atoms with E-state index in [4.69, 9.17) is 9.72 Å². The quantitative estimate of drug-likeness (QED) is 0.711. The van der Waals surface area contributed by atoms with Crippen molar-refractivity contribution in [2.24, 2.45) is 0 Å². The van der Waals surface area contributed by atoms with Crippen LogP contribution in [0.15, 0.2) is 54.6 Å². The highest BCUT2D eigenvalue weighted by Gasteiger charge is 2.42. The smallest absolute Gasteiger partial charge is 0.329 e. The third-order valence-corrected chi connectivity index (χ3v) is 5.42. The minimum atomic E-state index is -1.32. The molecule has 1 fully saturated rings. The second-order valence-electron chi connectivity index (χ2n) is 7.39. The summed E-state index contributed by atoms with van der Waals surface area (Å²) in [5.74, 6) is -1.45. The summed E-state index contributed by atoms with van der Waals surface area (Å²) < 4.78 is 5.29. The van der Waals surface area contributed by atoms with E-state index in [1.807, 2.05) is 55.5 Å². The van der Waals surface area contributed by atoms with Crippen LogP contribution < -0.4 is 5.32 Å². The monoisotopic (exact) mass is 390 g/mol. The van der Waals surface area contributed by atoms with Gasteiger partial charge in [0.2, 0.25) is 0 Å². The van der Waals surface area contributed by atoms with Gasteiger partial charge in [0.05, 0.1) is 16.8 Å². The molecule has 6 nitrogen and oxygen atoms in total. The van der Waals surface area contributed by atoms with Gasteiger partial charge in [-0.25, -0.2) is 9.78 Å². The first-order valence-electron chi connectivity index (χ1n) is 9.59. The van der Waals surface area contributed by atoms with E-state index >= 15 is 0 Å². The molecule has 4 rings (SSSR count). The predicted molar refractivity (Wildman–Crippen MR) is 110 cm³/mol. The van der Waals surface area contributed by atoms with E-state index in [2.05, 4.69) is 5.32 Å². The van der Waals surface area contributed by atoms with Gasteiger partial charge in [0.1, 0.15) is 5.54 Å². The number of para-hydroxylation sites is 1. The van der Waals surface area contributed by atoms with Crippen LogP contribution in [0.25, 0.3) is 22.2 Å². The number of benzene rings is 2. The van der Waals surface area contributed by atoms with E-state index in [1.54, 1.807) is 6.07 Å². The number of carbonyl (C=O) groups excluding carboxylic acids is 1. The van der Waals surface area contributed by atoms with Gasteiger partial charge in [-0.3, -0.25) is 4.79 Å². The molecule has 0 saturated carbocycles. The number of amides is 1. The number of aromatic nitrogens is 1. The van der Waals surface area contributed by atoms with Crippen LogP contribution in [0.4, 0.5) is 0 Å². The number of carbonyl (C=O) groups is 2. The standard InChI is InChI=1S/C23H22N2O4/c1-15-6-8-16(9-7-15)20-14-18(17-4-2-3-5-19(17)24-20)21(26)25-23(22(27)28)10-12-29-13-11-23/h2-9,14H,10-13H2,1H3,(H,25,26)(H,27,28). The van der Waals surface area contributed by atoms with Gasteiger partial charge in [-0.15, -0.1) is 0 Å². The Bertz CT molecular complexity index is 1070. The van der Waals surface area contributed by atoms with Crippen LogP contribution in [-0.4, -0.2) is 40.7 Å². The van der Waals surface area contributed by atoms with Crippen LogP contribution in [-0.2, 0) is 9.53 Å². The van der Waals surface area contributed by atoms with Crippen molar-refractivity contribution in [2.45, 2.75) is 25.3 Å². The molecule has 1 aliphatic rings. The summed E-state index contributed by atoms with van der Waals surface area (Å²) in [6.07, 6.45) is 0.476. The summed E-state index contributed by atoms with van der Waals surface area (Å²) in [5.41, 5.74) is 2.49. The Hall–Kier alpha value is -3.25. The fourth-order valence-electron chi connectivity index (χ4n) is 3.63. The molecule has 0 atom stereocenters. The maximum Gasteiger partial charge on any atom is 0.329 e. The van der Waals surface area contributed by atoms with E-state index in [-0.39, 0.29) is 12.8 Å². The van der Waals surface area contributed by atoms with Gasteiger partial charge in [0.15, 0.2) is 0 Å². The molecule has 2 N–H and O–H groups in total. The first kappa shape index (κ1) is 19.1. The number of rotatable bonds is 4. The molecule has 1 aliphatic heterocycles. The van der Waals surface area contributed by atoms with Crippen LogP contribution >= 0.6 is 0 Å². The average Bonchev–Trinajstić information content (AvgIpc) is 2.74. The zero-order chi connectivity index (χ0) is 20.4. The molecule has 148 valence electrons. The highest BCUT2D eigenvalue weighted by Crippen LogP contribution is 2.27. The molecule has 1 saturated heterocycles. The summed E-state index contributed by atoms with van der Waals surface area (Å²) >= 11 is 0. The Morgan fingerprint density at radius 1 is 1.07 bits per heavy atom. The summed E-state index contributed by atoms with van der Waals surface area (Å²) in [7, 11) is 0. The number of nitrogens with one attached hydrogen (secondary N) is 1. The Balaban J connectivity index is 1.78. The lowest BCUT2D eigenvalue weighted by molar-refractivity contribution is -0.148. The van der Waals surface area contributed by atoms with Gasteiger partial charge < -0.3 is 15.2 Å². The lowest BCUT2D eigenvalue weighted by Gasteiger charge is -2.34. The van der Waals surface area contributed by atoms with E-state index in [9.17, 15) is 14.7 Å². The lowest BCUT2D eigenvalue weighted by Crippen LogP contribution is -2.57. The zero-order valence-electron chi connectivity index (χ0n) is 16.1. The number of carboxylic acids is 1. The Labute approximate surface area is 168 Å². The molecule has 0 spiro atoms. The van der Waals surface area contributed by atoms with Gasteiger partial charge in [0.25, 0.3) is 5.91 Å². The average molecular weight is 390 g/mol. The maximum absolute atomic E-state index is 13.2. The number of hydrogen-bond donors (Lipinski definition) is 2. The first-order chi connectivity index (χ1) is 14.0. The van der Waals surface area contributed by atoms with Gasteiger partial charge >= 0.3 is 5.97 Å². The maximum atomic E-state index is 13.2. The van der Waals surface area contributed by atoms with Crippen molar-refractivity contribution < 1.29 is 19.4 Å². The fraction of sp³-hybridized carbons (Fsp3) is 0.261. The Kier molecular flexibility index (Phi) is 5.03. The number of fused-ring (bicyclic) bond motifs is 1. The number of ether oxygens (including phenoxy) is 1. The minimum Gasteiger partial charge on any atom is -0.480 e. The summed E-state index contributed by atoms with van der Waals surface area (Å²) in [6.45, 7) is 2.62. The van der Waals surface area contributed by atoms with Gasteiger partial charge in [0, 0.05) is 37.0 Å². The third kappa shape index (κ3) is 3.71. The summed E-state index contributed by atoms with van der Waals surface area (Å²) in [5, 5.41) is 13.2. The van der Waals surface area contributed by atoms with Crippen molar-refractivity contribution in [1.29, 1.82) is 0 Å². The van der Waals surface area contributed by atoms with Gasteiger partial charge in [-0.2, -0.15) is 0 Å². The molecule has 1 aromatic heterocycles. The predicted octanol–water partition coefficient (Wildman–Crippen LogP) is 3.57. The Morgan fingerprint density at radius 2 is 1.76 bits per heavy atom. The molecule has 3 aromatic rings. The molecule has 0 aliphatic carbocycles. The van der Waals surface area contributed by atoms with Crippen LogP contribution in [0.3, 0.4) is 0 Å². The number of hydrogen-bond acceptors (Lipinski definition) is 4. The van der Waals surface area contributed by atoms with Crippen molar-refractivity contribution in [3.63, 3.8) is 0 Å². The van der Waals surface area contributed by atoms with Crippen molar-refractivity contribution >= 4 is 22.8 Å². The van der Waals surface area contributed by atoms with E-state index in [1.165, 1.54) is 0 Å². The Morgan fingerprint density at radius 3 is 2.45 bits per heavy atom. The highest BCUT2D eigenvalue weighted by atomic mass is 16.5. The second-order valence-corrected chi connectivity index (χ2v) is 7.39. The van der Waals surface area contributed by atoms with Crippen molar-refractivity contribution in [3.8, 4) is 11.3 Å². The van der Waals surface area contributed by atoms with Crippen LogP contribution in [0.1, 0.15) is 28.8 Å². The van der Waals surface area contributed by atoms with E-state index in [0.717, 1.165) is 11.1 Å². The van der Waals surface area contributed by atoms with Gasteiger partial charge in [-0.05, 0) is 19.1 Å². The second kappa shape index (κ2) is 7.64. The zero-order valence-corrected chi connectivity index (χ0v) is 16.1. The molecule has 0 radical (unpaired) electrons. The molecule has 1 amide bonds. The van der Waals surface area contributed by atoms with Crippen LogP contribution in [0, 0.1) is 6.92 Å².